The number of piperidine rings is 1. The molecule has 0 spiro atoms. The highest BCUT2D eigenvalue weighted by atomic mass is 16.5. The molecule has 0 radical (unpaired) electrons. The Morgan fingerprint density at radius 3 is 2.47 bits per heavy atom. The van der Waals surface area contributed by atoms with Crippen LogP contribution in [-0.4, -0.2) is 58.9 Å². The van der Waals surface area contributed by atoms with Gasteiger partial charge in [0.15, 0.2) is 11.5 Å². The van der Waals surface area contributed by atoms with Crippen LogP contribution in [0.3, 0.4) is 0 Å². The molecule has 1 aromatic carbocycles. The van der Waals surface area contributed by atoms with Crippen LogP contribution in [0.2, 0.25) is 0 Å². The summed E-state index contributed by atoms with van der Waals surface area (Å²) in [6, 6.07) is 6.91. The van der Waals surface area contributed by atoms with E-state index in [0.717, 1.165) is 25.2 Å². The number of nitrogens with zero attached hydrogens (tertiary/aromatic N) is 2. The average Bonchev–Trinajstić information content (AvgIpc) is 2.96. The number of hydrogen-bond acceptors (Lipinski definition) is 5. The van der Waals surface area contributed by atoms with Crippen LogP contribution in [-0.2, 0) is 9.59 Å². The Hall–Kier alpha value is -2.34. The average molecular weight is 415 g/mol. The lowest BCUT2D eigenvalue weighted by atomic mass is 9.91. The lowest BCUT2D eigenvalue weighted by Crippen LogP contribution is -2.40. The maximum atomic E-state index is 13.0. The number of amides is 1. The summed E-state index contributed by atoms with van der Waals surface area (Å²) in [6.45, 7) is 10.8. The number of rotatable bonds is 8. The topological polar surface area (TPSA) is 70.1 Å². The molecule has 1 saturated heterocycles. The van der Waals surface area contributed by atoms with Gasteiger partial charge in [-0.3, -0.25) is 9.59 Å². The molecule has 3 rings (SSSR count). The van der Waals surface area contributed by atoms with Crippen molar-refractivity contribution in [2.24, 2.45) is 5.92 Å². The van der Waals surface area contributed by atoms with E-state index in [1.807, 2.05) is 38.1 Å². The molecular formula is C24H34N2O4. The predicted molar refractivity (Wildman–Crippen MR) is 116 cm³/mol. The number of likely N-dealkylation sites (tertiary alicyclic amines) is 1. The van der Waals surface area contributed by atoms with Crippen molar-refractivity contribution in [3.05, 3.63) is 41.2 Å². The molecule has 1 amide bonds. The Morgan fingerprint density at radius 2 is 1.83 bits per heavy atom. The number of Topliss-reactive ketones (excluding diaryl/α,β-unsaturated/α-hetero) is 1. The zero-order valence-electron chi connectivity index (χ0n) is 18.6. The molecular weight excluding hydrogens is 380 g/mol. The zero-order valence-corrected chi connectivity index (χ0v) is 18.6. The maximum absolute atomic E-state index is 13.0. The van der Waals surface area contributed by atoms with Gasteiger partial charge in [-0.1, -0.05) is 32.4 Å². The number of hydrogen-bond donors (Lipinski definition) is 1. The number of carbonyl (C=O) groups excluding carboxylic acids is 2. The van der Waals surface area contributed by atoms with Gasteiger partial charge >= 0.3 is 0 Å². The molecule has 2 heterocycles. The Labute approximate surface area is 179 Å². The quantitative estimate of drug-likeness (QED) is 0.699. The van der Waals surface area contributed by atoms with Gasteiger partial charge in [0.05, 0.1) is 17.7 Å². The molecule has 1 N–H and O–H groups in total. The molecule has 6 nitrogen and oxygen atoms in total. The van der Waals surface area contributed by atoms with Crippen LogP contribution >= 0.6 is 0 Å². The van der Waals surface area contributed by atoms with E-state index in [2.05, 4.69) is 4.90 Å². The van der Waals surface area contributed by atoms with E-state index >= 15 is 0 Å². The fourth-order valence-electron chi connectivity index (χ4n) is 4.26. The van der Waals surface area contributed by atoms with E-state index in [1.165, 1.54) is 19.3 Å². The van der Waals surface area contributed by atoms with Crippen LogP contribution in [0.25, 0.3) is 0 Å². The lowest BCUT2D eigenvalue weighted by Gasteiger charge is -2.32. The van der Waals surface area contributed by atoms with Crippen molar-refractivity contribution in [2.45, 2.75) is 59.1 Å². The van der Waals surface area contributed by atoms with Gasteiger partial charge in [-0.2, -0.15) is 0 Å². The summed E-state index contributed by atoms with van der Waals surface area (Å²) in [6.07, 6.45) is 3.61. The molecule has 6 heteroatoms. The van der Waals surface area contributed by atoms with E-state index in [0.29, 0.717) is 12.3 Å². The molecule has 1 atom stereocenters. The molecule has 0 saturated carbocycles. The second-order valence-electron chi connectivity index (χ2n) is 8.82. The highest BCUT2D eigenvalue weighted by Crippen LogP contribution is 2.39. The first-order valence-electron chi connectivity index (χ1n) is 11.1. The fourth-order valence-corrected chi connectivity index (χ4v) is 4.26. The molecule has 30 heavy (non-hydrogen) atoms. The third-order valence-electron chi connectivity index (χ3n) is 5.74. The van der Waals surface area contributed by atoms with Crippen LogP contribution in [0, 0.1) is 5.92 Å². The third kappa shape index (κ3) is 4.86. The van der Waals surface area contributed by atoms with Gasteiger partial charge < -0.3 is 19.6 Å². The van der Waals surface area contributed by atoms with Crippen LogP contribution in [0.15, 0.2) is 35.6 Å². The van der Waals surface area contributed by atoms with Crippen LogP contribution in [0.1, 0.15) is 58.6 Å². The number of carbonyl (C=O) groups is 2. The van der Waals surface area contributed by atoms with Gasteiger partial charge in [0.25, 0.3) is 5.91 Å². The van der Waals surface area contributed by atoms with E-state index in [4.69, 9.17) is 4.74 Å². The highest BCUT2D eigenvalue weighted by Gasteiger charge is 2.44. The van der Waals surface area contributed by atoms with Crippen molar-refractivity contribution in [3.63, 3.8) is 0 Å². The number of ketones is 1. The number of aliphatic hydroxyl groups is 1. The third-order valence-corrected chi connectivity index (χ3v) is 5.74. The molecule has 1 aromatic rings. The number of aliphatic hydroxyl groups excluding tert-OH is 1. The van der Waals surface area contributed by atoms with Gasteiger partial charge in [0, 0.05) is 19.0 Å². The van der Waals surface area contributed by atoms with Crippen LogP contribution in [0.5, 0.6) is 5.75 Å². The van der Waals surface area contributed by atoms with E-state index in [1.54, 1.807) is 18.7 Å². The van der Waals surface area contributed by atoms with Crippen molar-refractivity contribution < 1.29 is 19.4 Å². The van der Waals surface area contributed by atoms with Gasteiger partial charge in [-0.25, -0.2) is 0 Å². The maximum Gasteiger partial charge on any atom is 0.290 e. The van der Waals surface area contributed by atoms with Crippen molar-refractivity contribution in [1.82, 2.24) is 9.80 Å². The smallest absolute Gasteiger partial charge is 0.290 e. The molecule has 2 aliphatic heterocycles. The Morgan fingerprint density at radius 1 is 1.13 bits per heavy atom. The Kier molecular flexibility index (Phi) is 7.19. The second-order valence-corrected chi connectivity index (χ2v) is 8.82. The molecule has 0 aromatic heterocycles. The molecule has 2 aliphatic rings. The van der Waals surface area contributed by atoms with E-state index in [-0.39, 0.29) is 23.4 Å². The summed E-state index contributed by atoms with van der Waals surface area (Å²) in [5.74, 6) is -0.687. The molecule has 0 bridgehead atoms. The summed E-state index contributed by atoms with van der Waals surface area (Å²) in [7, 11) is 0. The van der Waals surface area contributed by atoms with Gasteiger partial charge in [0.2, 0.25) is 0 Å². The van der Waals surface area contributed by atoms with E-state index in [9.17, 15) is 14.7 Å². The Balaban J connectivity index is 1.93. The second kappa shape index (κ2) is 9.65. The predicted octanol–water partition coefficient (Wildman–Crippen LogP) is 3.88. The van der Waals surface area contributed by atoms with Crippen molar-refractivity contribution in [1.29, 1.82) is 0 Å². The Bertz CT molecular complexity index is 809. The first-order valence-corrected chi connectivity index (χ1v) is 11.1. The van der Waals surface area contributed by atoms with Crippen LogP contribution < -0.4 is 4.74 Å². The summed E-state index contributed by atoms with van der Waals surface area (Å²) in [4.78, 5) is 29.9. The van der Waals surface area contributed by atoms with Crippen molar-refractivity contribution >= 4 is 11.7 Å². The summed E-state index contributed by atoms with van der Waals surface area (Å²) in [5.41, 5.74) is 0.989. The standard InChI is InChI=1S/C24H34N2O4/c1-16(2)22(27)20-21(18-9-8-10-19(15-18)30-17(3)4)26(24(29)23(20)28)14-13-25-11-6-5-7-12-25/h8-10,15-17,21,28H,5-7,11-14H2,1-4H3. The fraction of sp³-hybridized carbons (Fsp3) is 0.583. The zero-order chi connectivity index (χ0) is 21.8. The van der Waals surface area contributed by atoms with Crippen molar-refractivity contribution in [3.8, 4) is 5.75 Å². The normalized spacial score (nSPS) is 20.5. The molecule has 0 aliphatic carbocycles. The molecule has 1 unspecified atom stereocenters. The summed E-state index contributed by atoms with van der Waals surface area (Å²) in [5, 5.41) is 10.7. The first kappa shape index (κ1) is 22.3. The highest BCUT2D eigenvalue weighted by molar-refractivity contribution is 6.09. The minimum absolute atomic E-state index is 0.0152. The lowest BCUT2D eigenvalue weighted by molar-refractivity contribution is -0.129. The minimum atomic E-state index is -0.590. The summed E-state index contributed by atoms with van der Waals surface area (Å²) < 4.78 is 5.83. The summed E-state index contributed by atoms with van der Waals surface area (Å²) >= 11 is 0. The SMILES string of the molecule is CC(C)Oc1cccc(C2C(C(=O)C(C)C)=C(O)C(=O)N2CCN2CCCCC2)c1. The number of benzene rings is 1. The molecule has 164 valence electrons. The number of ether oxygens (including phenoxy) is 1. The molecule has 1 fully saturated rings. The first-order chi connectivity index (χ1) is 14.3. The van der Waals surface area contributed by atoms with Crippen LogP contribution in [0.4, 0.5) is 0 Å². The van der Waals surface area contributed by atoms with Gasteiger partial charge in [-0.05, 0) is 57.5 Å². The van der Waals surface area contributed by atoms with E-state index < -0.39 is 17.7 Å². The van der Waals surface area contributed by atoms with Crippen molar-refractivity contribution in [2.75, 3.05) is 26.2 Å². The minimum Gasteiger partial charge on any atom is -0.503 e. The van der Waals surface area contributed by atoms with Gasteiger partial charge in [0.1, 0.15) is 5.75 Å². The largest absolute Gasteiger partial charge is 0.503 e. The monoisotopic (exact) mass is 414 g/mol. The van der Waals surface area contributed by atoms with Gasteiger partial charge in [-0.15, -0.1) is 0 Å².